The SMILES string of the molecule is c1ccc(-c2ccc3c(c2)Oc2cc(N(c4ccccc4)c4ccccc4)cc4c2B3c2cc(-c3ccccc3)ccc2O4)cc1. The van der Waals surface area contributed by atoms with Gasteiger partial charge < -0.3 is 14.4 Å². The topological polar surface area (TPSA) is 21.7 Å². The molecule has 0 radical (unpaired) electrons. The number of hydrogen-bond donors (Lipinski definition) is 0. The van der Waals surface area contributed by atoms with Crippen molar-refractivity contribution in [2.45, 2.75) is 0 Å². The molecular formula is C42H28BNO2. The third-order valence-electron chi connectivity index (χ3n) is 8.96. The van der Waals surface area contributed by atoms with Gasteiger partial charge in [-0.3, -0.25) is 0 Å². The molecule has 0 atom stereocenters. The molecule has 0 unspecified atom stereocenters. The van der Waals surface area contributed by atoms with Crippen LogP contribution in [0.15, 0.2) is 170 Å². The zero-order valence-electron chi connectivity index (χ0n) is 25.0. The molecule has 0 aliphatic carbocycles. The number of para-hydroxylation sites is 2. The normalized spacial score (nSPS) is 12.2. The fourth-order valence-electron chi connectivity index (χ4n) is 6.84. The van der Waals surface area contributed by atoms with Gasteiger partial charge in [0, 0.05) is 29.0 Å². The number of ether oxygens (including phenoxy) is 2. The first kappa shape index (κ1) is 26.4. The largest absolute Gasteiger partial charge is 0.458 e. The van der Waals surface area contributed by atoms with Crippen LogP contribution in [-0.2, 0) is 0 Å². The van der Waals surface area contributed by atoms with E-state index in [4.69, 9.17) is 9.47 Å². The Hall–Kier alpha value is -6.00. The molecule has 7 aromatic carbocycles. The second kappa shape index (κ2) is 10.9. The molecule has 3 nitrogen and oxygen atoms in total. The van der Waals surface area contributed by atoms with Crippen LogP contribution >= 0.6 is 0 Å². The predicted molar refractivity (Wildman–Crippen MR) is 190 cm³/mol. The Morgan fingerprint density at radius 3 is 1.43 bits per heavy atom. The van der Waals surface area contributed by atoms with Crippen molar-refractivity contribution in [1.29, 1.82) is 0 Å². The quantitative estimate of drug-likeness (QED) is 0.187. The molecule has 0 saturated carbocycles. The van der Waals surface area contributed by atoms with Gasteiger partial charge in [-0.15, -0.1) is 0 Å². The van der Waals surface area contributed by atoms with E-state index in [1.165, 1.54) is 5.56 Å². The fourth-order valence-corrected chi connectivity index (χ4v) is 6.84. The zero-order chi connectivity index (χ0) is 30.5. The van der Waals surface area contributed by atoms with Crippen molar-refractivity contribution in [2.75, 3.05) is 4.90 Å². The minimum Gasteiger partial charge on any atom is -0.458 e. The van der Waals surface area contributed by atoms with E-state index in [1.54, 1.807) is 0 Å². The van der Waals surface area contributed by atoms with Gasteiger partial charge in [0.1, 0.15) is 23.0 Å². The Morgan fingerprint density at radius 2 is 0.848 bits per heavy atom. The molecule has 0 bridgehead atoms. The number of benzene rings is 7. The van der Waals surface area contributed by atoms with Gasteiger partial charge in [0.15, 0.2) is 0 Å². The van der Waals surface area contributed by atoms with E-state index in [-0.39, 0.29) is 6.71 Å². The van der Waals surface area contributed by atoms with Crippen LogP contribution < -0.4 is 30.8 Å². The van der Waals surface area contributed by atoms with E-state index >= 15 is 0 Å². The molecule has 2 aliphatic heterocycles. The molecule has 0 saturated heterocycles. The fraction of sp³-hybridized carbons (Fsp3) is 0. The first-order chi connectivity index (χ1) is 22.8. The van der Waals surface area contributed by atoms with Crippen LogP contribution in [0.1, 0.15) is 0 Å². The maximum atomic E-state index is 6.87. The third kappa shape index (κ3) is 4.46. The molecule has 0 aromatic heterocycles. The van der Waals surface area contributed by atoms with Gasteiger partial charge in [-0.05, 0) is 69.6 Å². The van der Waals surface area contributed by atoms with Crippen molar-refractivity contribution in [3.05, 3.63) is 170 Å². The zero-order valence-corrected chi connectivity index (χ0v) is 25.0. The van der Waals surface area contributed by atoms with E-state index in [0.717, 1.165) is 73.1 Å². The minimum atomic E-state index is -0.0399. The summed E-state index contributed by atoms with van der Waals surface area (Å²) in [4.78, 5) is 2.25. The summed E-state index contributed by atoms with van der Waals surface area (Å²) >= 11 is 0. The number of anilines is 3. The minimum absolute atomic E-state index is 0.0399. The molecule has 2 aliphatic rings. The Morgan fingerprint density at radius 1 is 0.348 bits per heavy atom. The number of hydrogen-bond acceptors (Lipinski definition) is 3. The summed E-state index contributed by atoms with van der Waals surface area (Å²) in [7, 11) is 0. The molecule has 0 amide bonds. The van der Waals surface area contributed by atoms with E-state index in [9.17, 15) is 0 Å². The third-order valence-corrected chi connectivity index (χ3v) is 8.96. The van der Waals surface area contributed by atoms with Crippen LogP contribution in [0.2, 0.25) is 0 Å². The lowest BCUT2D eigenvalue weighted by molar-refractivity contribution is 0.465. The van der Waals surface area contributed by atoms with Crippen molar-refractivity contribution in [2.24, 2.45) is 0 Å². The van der Waals surface area contributed by atoms with E-state index in [1.807, 2.05) is 18.2 Å². The molecule has 9 rings (SSSR count). The summed E-state index contributed by atoms with van der Waals surface area (Å²) < 4.78 is 13.7. The molecule has 216 valence electrons. The average molecular weight is 590 g/mol. The molecule has 0 fully saturated rings. The Labute approximate surface area is 269 Å². The first-order valence-corrected chi connectivity index (χ1v) is 15.6. The van der Waals surface area contributed by atoms with Gasteiger partial charge in [-0.2, -0.15) is 0 Å². The van der Waals surface area contributed by atoms with Crippen LogP contribution in [0.3, 0.4) is 0 Å². The summed E-state index contributed by atoms with van der Waals surface area (Å²) in [5.74, 6) is 3.35. The highest BCUT2D eigenvalue weighted by Gasteiger charge is 2.41. The maximum Gasteiger partial charge on any atom is 0.260 e. The second-order valence-electron chi connectivity index (χ2n) is 11.7. The van der Waals surface area contributed by atoms with Crippen LogP contribution in [-0.4, -0.2) is 6.71 Å². The highest BCUT2D eigenvalue weighted by molar-refractivity contribution is 6.98. The van der Waals surface area contributed by atoms with Crippen molar-refractivity contribution < 1.29 is 9.47 Å². The summed E-state index contributed by atoms with van der Waals surface area (Å²) in [6.07, 6.45) is 0. The van der Waals surface area contributed by atoms with Gasteiger partial charge in [0.2, 0.25) is 0 Å². The summed E-state index contributed by atoms with van der Waals surface area (Å²) in [5.41, 5.74) is 11.1. The predicted octanol–water partition coefficient (Wildman–Crippen LogP) is 9.22. The number of nitrogens with zero attached hydrogens (tertiary/aromatic N) is 1. The molecule has 7 aromatic rings. The van der Waals surface area contributed by atoms with Crippen molar-refractivity contribution in [3.8, 4) is 45.3 Å². The van der Waals surface area contributed by atoms with Crippen LogP contribution in [0.4, 0.5) is 17.1 Å². The first-order valence-electron chi connectivity index (χ1n) is 15.6. The lowest BCUT2D eigenvalue weighted by Crippen LogP contribution is -2.57. The maximum absolute atomic E-state index is 6.87. The van der Waals surface area contributed by atoms with Crippen LogP contribution in [0.5, 0.6) is 23.0 Å². The van der Waals surface area contributed by atoms with Gasteiger partial charge in [0.05, 0.1) is 5.69 Å². The van der Waals surface area contributed by atoms with E-state index in [2.05, 4.69) is 157 Å². The monoisotopic (exact) mass is 589 g/mol. The molecule has 46 heavy (non-hydrogen) atoms. The van der Waals surface area contributed by atoms with Crippen LogP contribution in [0, 0.1) is 0 Å². The van der Waals surface area contributed by atoms with Gasteiger partial charge in [-0.25, -0.2) is 0 Å². The Kier molecular flexibility index (Phi) is 6.24. The Balaban J connectivity index is 1.26. The van der Waals surface area contributed by atoms with Crippen molar-refractivity contribution in [3.63, 3.8) is 0 Å². The highest BCUT2D eigenvalue weighted by atomic mass is 16.5. The van der Waals surface area contributed by atoms with Crippen molar-refractivity contribution in [1.82, 2.24) is 0 Å². The lowest BCUT2D eigenvalue weighted by Gasteiger charge is -2.35. The Bertz CT molecular complexity index is 2160. The molecular weight excluding hydrogens is 561 g/mol. The number of rotatable bonds is 5. The molecule has 0 N–H and O–H groups in total. The molecule has 4 heteroatoms. The summed E-state index contributed by atoms with van der Waals surface area (Å²) in [6, 6.07) is 59.4. The standard InChI is InChI=1S/C42H28BNO2/c1-5-13-29(14-6-1)31-22-24-38-37(25-31)43-36-23-21-32(30-15-7-2-8-16-30)26-39(36)46-41-28-35(27-40(45-38)42(41)43)44(33-17-9-3-10-18-33)34-19-11-4-12-20-34/h1-28H. The summed E-state index contributed by atoms with van der Waals surface area (Å²) in [5, 5.41) is 0. The molecule has 2 heterocycles. The smallest absolute Gasteiger partial charge is 0.260 e. The lowest BCUT2D eigenvalue weighted by atomic mass is 9.34. The average Bonchev–Trinajstić information content (AvgIpc) is 3.13. The van der Waals surface area contributed by atoms with E-state index in [0.29, 0.717) is 0 Å². The van der Waals surface area contributed by atoms with Crippen LogP contribution in [0.25, 0.3) is 22.3 Å². The number of fused-ring (bicyclic) bond motifs is 4. The highest BCUT2D eigenvalue weighted by Crippen LogP contribution is 2.43. The van der Waals surface area contributed by atoms with Crippen molar-refractivity contribution >= 4 is 40.2 Å². The molecule has 0 spiro atoms. The summed E-state index contributed by atoms with van der Waals surface area (Å²) in [6.45, 7) is -0.0399. The van der Waals surface area contributed by atoms with Gasteiger partial charge >= 0.3 is 0 Å². The van der Waals surface area contributed by atoms with Gasteiger partial charge in [0.25, 0.3) is 6.71 Å². The van der Waals surface area contributed by atoms with E-state index < -0.39 is 0 Å². The second-order valence-corrected chi connectivity index (χ2v) is 11.7. The van der Waals surface area contributed by atoms with Gasteiger partial charge in [-0.1, -0.05) is 121 Å².